The number of anilines is 1. The molecule has 0 aliphatic rings. The molecular weight excluding hydrogens is 416 g/mol. The number of nitrogens with one attached hydrogen (secondary N) is 1. The van der Waals surface area contributed by atoms with Crippen molar-refractivity contribution in [3.05, 3.63) is 84.4 Å². The molecule has 0 aliphatic carbocycles. The predicted octanol–water partition coefficient (Wildman–Crippen LogP) is 3.53. The normalized spacial score (nSPS) is 11.2. The Bertz CT molecular complexity index is 1100. The topological polar surface area (TPSA) is 84.9 Å². The van der Waals surface area contributed by atoms with Crippen LogP contribution in [0.5, 0.6) is 11.5 Å². The molecule has 0 spiro atoms. The van der Waals surface area contributed by atoms with E-state index in [1.807, 2.05) is 30.3 Å². The van der Waals surface area contributed by atoms with Crippen LogP contribution in [0, 0.1) is 0 Å². The van der Waals surface area contributed by atoms with Gasteiger partial charge in [0.1, 0.15) is 18.1 Å². The molecule has 3 aromatic carbocycles. The molecule has 3 rings (SSSR count). The van der Waals surface area contributed by atoms with Crippen molar-refractivity contribution < 1.29 is 22.7 Å². The van der Waals surface area contributed by atoms with E-state index in [0.717, 1.165) is 9.87 Å². The lowest BCUT2D eigenvalue weighted by Gasteiger charge is -2.17. The van der Waals surface area contributed by atoms with Crippen molar-refractivity contribution in [2.24, 2.45) is 0 Å². The van der Waals surface area contributed by atoms with Crippen LogP contribution in [-0.2, 0) is 21.4 Å². The van der Waals surface area contributed by atoms with Crippen molar-refractivity contribution in [3.63, 3.8) is 0 Å². The van der Waals surface area contributed by atoms with E-state index in [-0.39, 0.29) is 11.4 Å². The van der Waals surface area contributed by atoms with Crippen LogP contribution in [0.2, 0.25) is 0 Å². The van der Waals surface area contributed by atoms with Crippen LogP contribution in [0.4, 0.5) is 5.69 Å². The lowest BCUT2D eigenvalue weighted by Crippen LogP contribution is -2.34. The zero-order chi connectivity index (χ0) is 22.3. The molecule has 162 valence electrons. The minimum Gasteiger partial charge on any atom is -0.497 e. The van der Waals surface area contributed by atoms with E-state index in [4.69, 9.17) is 9.47 Å². The van der Waals surface area contributed by atoms with Gasteiger partial charge >= 0.3 is 0 Å². The molecular formula is C23H24N2O5S. The lowest BCUT2D eigenvalue weighted by molar-refractivity contribution is -0.116. The average molecular weight is 441 g/mol. The minimum atomic E-state index is -3.79. The molecule has 31 heavy (non-hydrogen) atoms. The summed E-state index contributed by atoms with van der Waals surface area (Å²) in [4.78, 5) is 12.4. The van der Waals surface area contributed by atoms with Crippen LogP contribution in [-0.4, -0.2) is 39.3 Å². The molecule has 0 bridgehead atoms. The summed E-state index contributed by atoms with van der Waals surface area (Å²) in [6.45, 7) is 0.126. The van der Waals surface area contributed by atoms with E-state index in [2.05, 4.69) is 5.32 Å². The number of hydrogen-bond acceptors (Lipinski definition) is 5. The summed E-state index contributed by atoms with van der Waals surface area (Å²) in [6, 6.07) is 22.7. The van der Waals surface area contributed by atoms with Gasteiger partial charge in [0.25, 0.3) is 0 Å². The molecule has 0 heterocycles. The number of nitrogens with zero attached hydrogens (tertiary/aromatic N) is 1. The molecule has 0 saturated heterocycles. The number of carbonyl (C=O) groups is 1. The number of carbonyl (C=O) groups excluding carboxylic acids is 1. The first kappa shape index (κ1) is 22.3. The summed E-state index contributed by atoms with van der Waals surface area (Å²) >= 11 is 0. The highest BCUT2D eigenvalue weighted by atomic mass is 32.2. The Morgan fingerprint density at radius 3 is 2.13 bits per heavy atom. The highest BCUT2D eigenvalue weighted by molar-refractivity contribution is 7.89. The van der Waals surface area contributed by atoms with Gasteiger partial charge in [-0.1, -0.05) is 30.3 Å². The third-order valence-corrected chi connectivity index (χ3v) is 6.34. The summed E-state index contributed by atoms with van der Waals surface area (Å²) in [6.07, 6.45) is 0. The van der Waals surface area contributed by atoms with Crippen molar-refractivity contribution in [2.45, 2.75) is 11.5 Å². The second kappa shape index (κ2) is 10.1. The van der Waals surface area contributed by atoms with Gasteiger partial charge in [-0.25, -0.2) is 8.42 Å². The standard InChI is InChI=1S/C23H24N2O5S/c1-25(31(27,28)22-14-12-20(29-2)13-15-22)16-23(26)24-19-8-10-21(11-9-19)30-17-18-6-4-3-5-7-18/h3-15H,16-17H2,1-2H3,(H,24,26). The lowest BCUT2D eigenvalue weighted by atomic mass is 10.2. The van der Waals surface area contributed by atoms with Gasteiger partial charge in [-0.15, -0.1) is 0 Å². The van der Waals surface area contributed by atoms with Crippen LogP contribution < -0.4 is 14.8 Å². The molecule has 8 heteroatoms. The van der Waals surface area contributed by atoms with E-state index in [1.54, 1.807) is 36.4 Å². The molecule has 0 saturated carbocycles. The van der Waals surface area contributed by atoms with Gasteiger partial charge in [-0.05, 0) is 54.1 Å². The molecule has 0 aliphatic heterocycles. The van der Waals surface area contributed by atoms with Gasteiger partial charge in [0, 0.05) is 12.7 Å². The molecule has 3 aromatic rings. The Balaban J connectivity index is 1.54. The third-order valence-electron chi connectivity index (χ3n) is 4.52. The molecule has 0 fully saturated rings. The number of rotatable bonds is 9. The minimum absolute atomic E-state index is 0.0866. The van der Waals surface area contributed by atoms with Crippen molar-refractivity contribution in [1.29, 1.82) is 0 Å². The van der Waals surface area contributed by atoms with Crippen LogP contribution in [0.1, 0.15) is 5.56 Å². The smallest absolute Gasteiger partial charge is 0.243 e. The van der Waals surface area contributed by atoms with Gasteiger partial charge in [0.2, 0.25) is 15.9 Å². The van der Waals surface area contributed by atoms with Crippen molar-refractivity contribution in [2.75, 3.05) is 26.0 Å². The van der Waals surface area contributed by atoms with Crippen LogP contribution >= 0.6 is 0 Å². The molecule has 7 nitrogen and oxygen atoms in total. The Labute approximate surface area is 182 Å². The van der Waals surface area contributed by atoms with Crippen molar-refractivity contribution in [3.8, 4) is 11.5 Å². The van der Waals surface area contributed by atoms with E-state index in [9.17, 15) is 13.2 Å². The maximum absolute atomic E-state index is 12.6. The molecule has 0 unspecified atom stereocenters. The fourth-order valence-electron chi connectivity index (χ4n) is 2.79. The first-order chi connectivity index (χ1) is 14.9. The second-order valence-corrected chi connectivity index (χ2v) is 8.83. The molecule has 0 radical (unpaired) electrons. The Morgan fingerprint density at radius 2 is 1.52 bits per heavy atom. The number of likely N-dealkylation sites (N-methyl/N-ethyl adjacent to an activating group) is 1. The van der Waals surface area contributed by atoms with Gasteiger partial charge in [-0.3, -0.25) is 4.79 Å². The zero-order valence-corrected chi connectivity index (χ0v) is 18.1. The van der Waals surface area contributed by atoms with E-state index >= 15 is 0 Å². The molecule has 1 N–H and O–H groups in total. The number of benzene rings is 3. The van der Waals surface area contributed by atoms with Crippen molar-refractivity contribution >= 4 is 21.6 Å². The molecule has 1 amide bonds. The highest BCUT2D eigenvalue weighted by Crippen LogP contribution is 2.19. The zero-order valence-electron chi connectivity index (χ0n) is 17.3. The average Bonchev–Trinajstić information content (AvgIpc) is 2.79. The SMILES string of the molecule is COc1ccc(S(=O)(=O)N(C)CC(=O)Nc2ccc(OCc3ccccc3)cc2)cc1. The third kappa shape index (κ3) is 6.07. The number of amides is 1. The first-order valence-corrected chi connectivity index (χ1v) is 11.0. The van der Waals surface area contributed by atoms with Crippen LogP contribution in [0.3, 0.4) is 0 Å². The van der Waals surface area contributed by atoms with E-state index in [0.29, 0.717) is 23.8 Å². The number of methoxy groups -OCH3 is 1. The maximum Gasteiger partial charge on any atom is 0.243 e. The Morgan fingerprint density at radius 1 is 0.903 bits per heavy atom. The Hall–Kier alpha value is -3.36. The highest BCUT2D eigenvalue weighted by Gasteiger charge is 2.23. The monoisotopic (exact) mass is 440 g/mol. The number of sulfonamides is 1. The van der Waals surface area contributed by atoms with Gasteiger partial charge < -0.3 is 14.8 Å². The predicted molar refractivity (Wildman–Crippen MR) is 119 cm³/mol. The first-order valence-electron chi connectivity index (χ1n) is 9.55. The van der Waals surface area contributed by atoms with Crippen LogP contribution in [0.15, 0.2) is 83.8 Å². The van der Waals surface area contributed by atoms with Gasteiger partial charge in [0.15, 0.2) is 0 Å². The summed E-state index contributed by atoms with van der Waals surface area (Å²) < 4.78 is 37.0. The van der Waals surface area contributed by atoms with Gasteiger partial charge in [-0.2, -0.15) is 4.31 Å². The van der Waals surface area contributed by atoms with E-state index < -0.39 is 15.9 Å². The quantitative estimate of drug-likeness (QED) is 0.550. The largest absolute Gasteiger partial charge is 0.497 e. The molecule has 0 aromatic heterocycles. The Kier molecular flexibility index (Phi) is 7.28. The van der Waals surface area contributed by atoms with Crippen LogP contribution in [0.25, 0.3) is 0 Å². The van der Waals surface area contributed by atoms with E-state index in [1.165, 1.54) is 26.3 Å². The van der Waals surface area contributed by atoms with Crippen molar-refractivity contribution in [1.82, 2.24) is 4.31 Å². The fraction of sp³-hybridized carbons (Fsp3) is 0.174. The van der Waals surface area contributed by atoms with Gasteiger partial charge in [0.05, 0.1) is 18.6 Å². The summed E-state index contributed by atoms with van der Waals surface area (Å²) in [5, 5.41) is 2.70. The molecule has 0 atom stereocenters. The number of hydrogen-bond donors (Lipinski definition) is 1. The number of ether oxygens (including phenoxy) is 2. The summed E-state index contributed by atoms with van der Waals surface area (Å²) in [5.41, 5.74) is 1.60. The fourth-order valence-corrected chi connectivity index (χ4v) is 3.92. The summed E-state index contributed by atoms with van der Waals surface area (Å²) in [5.74, 6) is 0.772. The second-order valence-electron chi connectivity index (χ2n) is 6.78. The maximum atomic E-state index is 12.6. The summed E-state index contributed by atoms with van der Waals surface area (Å²) in [7, 11) is -0.932.